The van der Waals surface area contributed by atoms with Gasteiger partial charge in [-0.1, -0.05) is 54.1 Å². The van der Waals surface area contributed by atoms with Crippen LogP contribution in [0.1, 0.15) is 18.1 Å². The molecule has 0 spiro atoms. The molecule has 0 unspecified atom stereocenters. The van der Waals surface area contributed by atoms with Gasteiger partial charge in [0.15, 0.2) is 6.61 Å². The molecule has 1 atom stereocenters. The van der Waals surface area contributed by atoms with Gasteiger partial charge in [-0.05, 0) is 54.4 Å². The van der Waals surface area contributed by atoms with Crippen LogP contribution in [0.25, 0.3) is 0 Å². The molecular formula is C27H29ClN2O4. The first-order valence-electron chi connectivity index (χ1n) is 11.1. The van der Waals surface area contributed by atoms with Gasteiger partial charge in [0.1, 0.15) is 17.5 Å². The van der Waals surface area contributed by atoms with E-state index in [2.05, 4.69) is 5.32 Å². The Labute approximate surface area is 205 Å². The number of nitrogens with zero attached hydrogens (tertiary/aromatic N) is 1. The molecule has 178 valence electrons. The van der Waals surface area contributed by atoms with Crippen LogP contribution >= 0.6 is 11.6 Å². The Morgan fingerprint density at radius 2 is 1.62 bits per heavy atom. The maximum atomic E-state index is 13.4. The summed E-state index contributed by atoms with van der Waals surface area (Å²) in [6.07, 6.45) is 0.377. The van der Waals surface area contributed by atoms with E-state index >= 15 is 0 Å². The third kappa shape index (κ3) is 7.25. The molecule has 0 saturated carbocycles. The van der Waals surface area contributed by atoms with E-state index in [9.17, 15) is 9.59 Å². The Morgan fingerprint density at radius 3 is 2.26 bits per heavy atom. The number of carbonyl (C=O) groups is 2. The first kappa shape index (κ1) is 25.1. The predicted molar refractivity (Wildman–Crippen MR) is 133 cm³/mol. The van der Waals surface area contributed by atoms with Gasteiger partial charge in [-0.2, -0.15) is 0 Å². The third-order valence-electron chi connectivity index (χ3n) is 5.29. The second kappa shape index (κ2) is 12.7. The molecule has 2 amide bonds. The zero-order chi connectivity index (χ0) is 24.3. The minimum Gasteiger partial charge on any atom is -0.497 e. The molecule has 0 heterocycles. The normalized spacial score (nSPS) is 11.4. The number of ether oxygens (including phenoxy) is 2. The van der Waals surface area contributed by atoms with Gasteiger partial charge in [-0.3, -0.25) is 9.59 Å². The molecule has 0 saturated heterocycles. The highest BCUT2D eigenvalue weighted by atomic mass is 35.5. The van der Waals surface area contributed by atoms with E-state index in [-0.39, 0.29) is 25.0 Å². The molecule has 0 radical (unpaired) electrons. The molecule has 0 aliphatic rings. The molecule has 0 bridgehead atoms. The average Bonchev–Trinajstić information content (AvgIpc) is 2.85. The van der Waals surface area contributed by atoms with Crippen LogP contribution in [-0.2, 0) is 22.6 Å². The van der Waals surface area contributed by atoms with Gasteiger partial charge in [0.2, 0.25) is 5.91 Å². The van der Waals surface area contributed by atoms with Crippen LogP contribution in [0.3, 0.4) is 0 Å². The van der Waals surface area contributed by atoms with Crippen LogP contribution in [0, 0.1) is 0 Å². The van der Waals surface area contributed by atoms with E-state index in [0.29, 0.717) is 29.5 Å². The van der Waals surface area contributed by atoms with Crippen molar-refractivity contribution in [3.05, 3.63) is 95.0 Å². The maximum Gasteiger partial charge on any atom is 0.261 e. The van der Waals surface area contributed by atoms with E-state index in [0.717, 1.165) is 11.1 Å². The van der Waals surface area contributed by atoms with Crippen molar-refractivity contribution in [2.75, 3.05) is 20.3 Å². The van der Waals surface area contributed by atoms with Crippen LogP contribution in [0.4, 0.5) is 0 Å². The number of benzene rings is 3. The van der Waals surface area contributed by atoms with Gasteiger partial charge in [0.25, 0.3) is 5.91 Å². The largest absolute Gasteiger partial charge is 0.497 e. The van der Waals surface area contributed by atoms with Crippen molar-refractivity contribution in [2.45, 2.75) is 25.9 Å². The Balaban J connectivity index is 1.86. The summed E-state index contributed by atoms with van der Waals surface area (Å²) < 4.78 is 10.9. The number of nitrogens with one attached hydrogen (secondary N) is 1. The Hall–Kier alpha value is -3.51. The molecule has 3 aromatic rings. The van der Waals surface area contributed by atoms with E-state index < -0.39 is 6.04 Å². The number of methoxy groups -OCH3 is 1. The van der Waals surface area contributed by atoms with E-state index in [4.69, 9.17) is 21.1 Å². The predicted octanol–water partition coefficient (Wildman–Crippen LogP) is 4.50. The molecule has 1 N–H and O–H groups in total. The number of amides is 2. The lowest BCUT2D eigenvalue weighted by atomic mass is 10.0. The van der Waals surface area contributed by atoms with E-state index in [1.54, 1.807) is 48.4 Å². The van der Waals surface area contributed by atoms with Crippen molar-refractivity contribution in [3.63, 3.8) is 0 Å². The highest BCUT2D eigenvalue weighted by molar-refractivity contribution is 6.30. The SMILES string of the molecule is CCNC(=O)[C@@H](Cc1ccccc1)N(Cc1cccc(Cl)c1)C(=O)COc1ccc(OC)cc1. The molecule has 0 aliphatic heterocycles. The maximum absolute atomic E-state index is 13.4. The summed E-state index contributed by atoms with van der Waals surface area (Å²) in [7, 11) is 1.58. The standard InChI is InChI=1S/C27H29ClN2O4/c1-3-29-27(32)25(17-20-8-5-4-6-9-20)30(18-21-10-7-11-22(28)16-21)26(31)19-34-24-14-12-23(33-2)13-15-24/h4-16,25H,3,17-19H2,1-2H3,(H,29,32)/t25-/m1/s1. The Kier molecular flexibility index (Phi) is 9.35. The van der Waals surface area contributed by atoms with Crippen molar-refractivity contribution in [2.24, 2.45) is 0 Å². The van der Waals surface area contributed by atoms with Gasteiger partial charge in [0.05, 0.1) is 7.11 Å². The Bertz CT molecular complexity index is 1070. The summed E-state index contributed by atoms with van der Waals surface area (Å²) in [4.78, 5) is 28.1. The monoisotopic (exact) mass is 480 g/mol. The van der Waals surface area contributed by atoms with E-state index in [1.165, 1.54) is 0 Å². The summed E-state index contributed by atoms with van der Waals surface area (Å²) in [6, 6.07) is 23.2. The zero-order valence-electron chi connectivity index (χ0n) is 19.4. The summed E-state index contributed by atoms with van der Waals surface area (Å²) in [5.41, 5.74) is 1.78. The quantitative estimate of drug-likeness (QED) is 0.438. The fourth-order valence-electron chi connectivity index (χ4n) is 3.58. The van der Waals surface area contributed by atoms with Crippen LogP contribution in [0.2, 0.25) is 5.02 Å². The van der Waals surface area contributed by atoms with E-state index in [1.807, 2.05) is 49.4 Å². The van der Waals surface area contributed by atoms with Gasteiger partial charge >= 0.3 is 0 Å². The summed E-state index contributed by atoms with van der Waals surface area (Å²) in [6.45, 7) is 2.33. The molecule has 3 rings (SSSR count). The van der Waals surface area contributed by atoms with Crippen molar-refractivity contribution in [1.82, 2.24) is 10.2 Å². The molecule has 34 heavy (non-hydrogen) atoms. The minimum absolute atomic E-state index is 0.211. The number of rotatable bonds is 11. The summed E-state index contributed by atoms with van der Waals surface area (Å²) in [5.74, 6) is 0.712. The molecular weight excluding hydrogens is 452 g/mol. The number of likely N-dealkylation sites (N-methyl/N-ethyl adjacent to an activating group) is 1. The smallest absolute Gasteiger partial charge is 0.261 e. The summed E-state index contributed by atoms with van der Waals surface area (Å²) in [5, 5.41) is 3.44. The highest BCUT2D eigenvalue weighted by Crippen LogP contribution is 2.20. The van der Waals surface area contributed by atoms with Crippen LogP contribution in [0.5, 0.6) is 11.5 Å². The lowest BCUT2D eigenvalue weighted by Gasteiger charge is -2.31. The van der Waals surface area contributed by atoms with Crippen molar-refractivity contribution in [3.8, 4) is 11.5 Å². The lowest BCUT2D eigenvalue weighted by Crippen LogP contribution is -2.51. The van der Waals surface area contributed by atoms with Crippen molar-refractivity contribution < 1.29 is 19.1 Å². The fourth-order valence-corrected chi connectivity index (χ4v) is 3.79. The van der Waals surface area contributed by atoms with Gasteiger partial charge < -0.3 is 19.7 Å². The second-order valence-corrected chi connectivity index (χ2v) is 8.15. The molecule has 7 heteroatoms. The zero-order valence-corrected chi connectivity index (χ0v) is 20.1. The minimum atomic E-state index is -0.715. The number of hydrogen-bond acceptors (Lipinski definition) is 4. The molecule has 0 aliphatic carbocycles. The molecule has 6 nitrogen and oxygen atoms in total. The number of carbonyl (C=O) groups excluding carboxylic acids is 2. The number of halogens is 1. The van der Waals surface area contributed by atoms with Crippen LogP contribution in [-0.4, -0.2) is 43.0 Å². The number of hydrogen-bond donors (Lipinski definition) is 1. The fraction of sp³-hybridized carbons (Fsp3) is 0.259. The summed E-state index contributed by atoms with van der Waals surface area (Å²) >= 11 is 6.18. The first-order chi connectivity index (χ1) is 16.5. The van der Waals surface area contributed by atoms with Crippen LogP contribution < -0.4 is 14.8 Å². The van der Waals surface area contributed by atoms with Crippen LogP contribution in [0.15, 0.2) is 78.9 Å². The lowest BCUT2D eigenvalue weighted by molar-refractivity contribution is -0.142. The third-order valence-corrected chi connectivity index (χ3v) is 5.52. The second-order valence-electron chi connectivity index (χ2n) is 7.72. The van der Waals surface area contributed by atoms with Crippen molar-refractivity contribution in [1.29, 1.82) is 0 Å². The molecule has 0 fully saturated rings. The Morgan fingerprint density at radius 1 is 0.941 bits per heavy atom. The first-order valence-corrected chi connectivity index (χ1v) is 11.5. The van der Waals surface area contributed by atoms with Gasteiger partial charge in [0, 0.05) is 24.5 Å². The van der Waals surface area contributed by atoms with Crippen molar-refractivity contribution >= 4 is 23.4 Å². The topological polar surface area (TPSA) is 67.9 Å². The molecule has 3 aromatic carbocycles. The molecule has 0 aromatic heterocycles. The average molecular weight is 481 g/mol. The highest BCUT2D eigenvalue weighted by Gasteiger charge is 2.30. The van der Waals surface area contributed by atoms with Gasteiger partial charge in [-0.25, -0.2) is 0 Å². The van der Waals surface area contributed by atoms with Gasteiger partial charge in [-0.15, -0.1) is 0 Å².